The van der Waals surface area contributed by atoms with Gasteiger partial charge in [0, 0.05) is 14.1 Å². The van der Waals surface area contributed by atoms with Gasteiger partial charge in [-0.05, 0) is 54.0 Å². The molecule has 2 aromatic heterocycles. The number of anilines is 1. The third-order valence-electron chi connectivity index (χ3n) is 4.35. The van der Waals surface area contributed by atoms with Crippen molar-refractivity contribution in [2.45, 2.75) is 24.0 Å². The fourth-order valence-electron chi connectivity index (χ4n) is 2.73. The van der Waals surface area contributed by atoms with Gasteiger partial charge in [0.25, 0.3) is 5.91 Å². The summed E-state index contributed by atoms with van der Waals surface area (Å²) in [6.07, 6.45) is 0. The predicted molar refractivity (Wildman–Crippen MR) is 105 cm³/mol. The second-order valence-corrected chi connectivity index (χ2v) is 9.64. The maximum atomic E-state index is 12.8. The summed E-state index contributed by atoms with van der Waals surface area (Å²) in [5, 5.41) is 1.89. The third-order valence-corrected chi connectivity index (χ3v) is 6.96. The van der Waals surface area contributed by atoms with Crippen LogP contribution < -0.4 is 11.0 Å². The van der Waals surface area contributed by atoms with Crippen molar-refractivity contribution in [3.63, 3.8) is 0 Å². The van der Waals surface area contributed by atoms with E-state index in [4.69, 9.17) is 4.42 Å². The number of benzene rings is 1. The van der Waals surface area contributed by atoms with Gasteiger partial charge < -0.3 is 9.73 Å². The molecule has 8 nitrogen and oxygen atoms in total. The first-order valence-corrected chi connectivity index (χ1v) is 10.4. The van der Waals surface area contributed by atoms with Crippen LogP contribution in [-0.4, -0.2) is 28.7 Å². The number of hydrogen-bond donors (Lipinski definition) is 1. The summed E-state index contributed by atoms with van der Waals surface area (Å²) in [6.45, 7) is 3.11. The van der Waals surface area contributed by atoms with E-state index in [1.165, 1.54) is 27.3 Å². The molecule has 3 aromatic rings. The number of carbonyl (C=O) groups excluding carboxylic acids is 1. The van der Waals surface area contributed by atoms with Gasteiger partial charge in [0.1, 0.15) is 0 Å². The zero-order valence-electron chi connectivity index (χ0n) is 15.1. The van der Waals surface area contributed by atoms with Crippen LogP contribution in [0.15, 0.2) is 43.0 Å². The fraction of sp³-hybridized carbons (Fsp3) is 0.294. The number of nitrogens with one attached hydrogen (secondary N) is 1. The van der Waals surface area contributed by atoms with E-state index in [1.54, 1.807) is 34.0 Å². The van der Waals surface area contributed by atoms with Gasteiger partial charge in [-0.3, -0.25) is 13.9 Å². The zero-order valence-corrected chi connectivity index (χ0v) is 17.5. The van der Waals surface area contributed by atoms with E-state index >= 15 is 0 Å². The minimum atomic E-state index is -3.72. The maximum Gasteiger partial charge on any atom is 0.328 e. The normalized spacial score (nSPS) is 12.1. The Hall–Kier alpha value is -2.33. The Morgan fingerprint density at radius 3 is 2.26 bits per heavy atom. The van der Waals surface area contributed by atoms with Crippen molar-refractivity contribution in [1.29, 1.82) is 0 Å². The molecule has 0 aliphatic heterocycles. The number of hydrogen-bond acceptors (Lipinski definition) is 5. The molecule has 0 spiro atoms. The molecule has 0 saturated carbocycles. The van der Waals surface area contributed by atoms with Gasteiger partial charge in [-0.1, -0.05) is 0 Å². The number of amides is 1. The summed E-state index contributed by atoms with van der Waals surface area (Å²) in [4.78, 5) is 24.6. The molecular weight excluding hydrogens is 438 g/mol. The van der Waals surface area contributed by atoms with Gasteiger partial charge in [0.05, 0.1) is 26.9 Å². The smallest absolute Gasteiger partial charge is 0.328 e. The second-order valence-electron chi connectivity index (χ2n) is 6.39. The average molecular weight is 456 g/mol. The molecule has 0 bridgehead atoms. The Balaban J connectivity index is 2.24. The van der Waals surface area contributed by atoms with E-state index in [0.29, 0.717) is 15.7 Å². The Bertz CT molecular complexity index is 1220. The molecule has 3 rings (SSSR count). The Morgan fingerprint density at radius 2 is 1.74 bits per heavy atom. The topological polar surface area (TPSA) is 103 Å². The van der Waals surface area contributed by atoms with Crippen molar-refractivity contribution < 1.29 is 17.6 Å². The maximum absolute atomic E-state index is 12.8. The molecule has 27 heavy (non-hydrogen) atoms. The molecule has 0 unspecified atom stereocenters. The lowest BCUT2D eigenvalue weighted by Crippen LogP contribution is -2.19. The minimum absolute atomic E-state index is 0.0248. The van der Waals surface area contributed by atoms with Gasteiger partial charge >= 0.3 is 5.69 Å². The number of aryl methyl sites for hydroxylation is 2. The van der Waals surface area contributed by atoms with Crippen LogP contribution in [0.3, 0.4) is 0 Å². The summed E-state index contributed by atoms with van der Waals surface area (Å²) in [6, 6.07) is 5.93. The summed E-state index contributed by atoms with van der Waals surface area (Å²) in [5.74, 6) is -0.571. The molecule has 1 amide bonds. The average Bonchev–Trinajstić information content (AvgIpc) is 3.12. The molecular formula is C17H18BrN3O5S. The molecule has 0 atom stereocenters. The molecule has 1 aromatic carbocycles. The van der Waals surface area contributed by atoms with E-state index in [2.05, 4.69) is 21.2 Å². The van der Waals surface area contributed by atoms with Crippen LogP contribution in [0.25, 0.3) is 11.0 Å². The fourth-order valence-corrected chi connectivity index (χ4v) is 4.24. The van der Waals surface area contributed by atoms with Crippen molar-refractivity contribution in [3.05, 3.63) is 45.2 Å². The van der Waals surface area contributed by atoms with Crippen LogP contribution in [0.4, 0.5) is 5.69 Å². The van der Waals surface area contributed by atoms with Crippen molar-refractivity contribution in [3.8, 4) is 0 Å². The van der Waals surface area contributed by atoms with Crippen molar-refractivity contribution >= 4 is 48.4 Å². The quantitative estimate of drug-likeness (QED) is 0.650. The van der Waals surface area contributed by atoms with E-state index in [1.807, 2.05) is 0 Å². The van der Waals surface area contributed by atoms with Crippen molar-refractivity contribution in [2.75, 3.05) is 5.32 Å². The highest BCUT2D eigenvalue weighted by atomic mass is 79.9. The minimum Gasteiger partial charge on any atom is -0.444 e. The van der Waals surface area contributed by atoms with Crippen LogP contribution in [0.1, 0.15) is 24.4 Å². The number of carbonyl (C=O) groups is 1. The molecule has 144 valence electrons. The predicted octanol–water partition coefficient (Wildman–Crippen LogP) is 2.67. The lowest BCUT2D eigenvalue weighted by Gasteiger charge is -2.14. The monoisotopic (exact) mass is 455 g/mol. The SMILES string of the molecule is CC(C)S(=O)(=O)c1cc2c(cc1NC(=O)c1ccc(Br)o1)n(C)c(=O)n2C. The van der Waals surface area contributed by atoms with Crippen molar-refractivity contribution in [1.82, 2.24) is 9.13 Å². The van der Waals surface area contributed by atoms with Crippen LogP contribution in [0, 0.1) is 0 Å². The van der Waals surface area contributed by atoms with Crippen LogP contribution in [-0.2, 0) is 23.9 Å². The lowest BCUT2D eigenvalue weighted by molar-refractivity contribution is 0.0995. The number of fused-ring (bicyclic) bond motifs is 1. The van der Waals surface area contributed by atoms with Gasteiger partial charge in [0.2, 0.25) is 0 Å². The standard InChI is InChI=1S/C17H18BrN3O5S/c1-9(2)27(24,25)14-8-12-11(20(3)17(23)21(12)4)7-10(14)19-16(22)13-5-6-15(18)26-13/h5-9H,1-4H3,(H,19,22). The second kappa shape index (κ2) is 6.68. The van der Waals surface area contributed by atoms with Gasteiger partial charge in [-0.2, -0.15) is 0 Å². The molecule has 0 saturated heterocycles. The highest BCUT2D eigenvalue weighted by molar-refractivity contribution is 9.10. The molecule has 0 fully saturated rings. The summed E-state index contributed by atoms with van der Waals surface area (Å²) in [7, 11) is -0.577. The van der Waals surface area contributed by atoms with Gasteiger partial charge in [-0.15, -0.1) is 0 Å². The van der Waals surface area contributed by atoms with E-state index in [-0.39, 0.29) is 22.0 Å². The van der Waals surface area contributed by atoms with Gasteiger partial charge in [0.15, 0.2) is 20.3 Å². The molecule has 2 heterocycles. The largest absolute Gasteiger partial charge is 0.444 e. The Labute approximate surface area is 163 Å². The van der Waals surface area contributed by atoms with E-state index in [0.717, 1.165) is 0 Å². The number of nitrogens with zero attached hydrogens (tertiary/aromatic N) is 2. The Morgan fingerprint density at radius 1 is 1.15 bits per heavy atom. The lowest BCUT2D eigenvalue weighted by atomic mass is 10.2. The number of imidazole rings is 1. The summed E-state index contributed by atoms with van der Waals surface area (Å²) < 4.78 is 34.0. The number of halogens is 1. The summed E-state index contributed by atoms with van der Waals surface area (Å²) >= 11 is 3.12. The number of sulfone groups is 1. The zero-order chi connectivity index (χ0) is 20.1. The first kappa shape index (κ1) is 19.4. The van der Waals surface area contributed by atoms with E-state index < -0.39 is 21.0 Å². The molecule has 0 aliphatic rings. The molecule has 0 radical (unpaired) electrons. The van der Waals surface area contributed by atoms with Crippen LogP contribution in [0.5, 0.6) is 0 Å². The first-order chi connectivity index (χ1) is 12.5. The molecule has 0 aliphatic carbocycles. The Kier molecular flexibility index (Phi) is 4.81. The highest BCUT2D eigenvalue weighted by Gasteiger charge is 2.26. The van der Waals surface area contributed by atoms with Crippen LogP contribution >= 0.6 is 15.9 Å². The number of furan rings is 1. The van der Waals surface area contributed by atoms with Crippen LogP contribution in [0.2, 0.25) is 0 Å². The summed E-state index contributed by atoms with van der Waals surface area (Å²) in [5.41, 5.74) is 0.757. The van der Waals surface area contributed by atoms with E-state index in [9.17, 15) is 18.0 Å². The molecule has 10 heteroatoms. The van der Waals surface area contributed by atoms with Gasteiger partial charge in [-0.25, -0.2) is 13.2 Å². The number of aromatic nitrogens is 2. The van der Waals surface area contributed by atoms with Crippen molar-refractivity contribution in [2.24, 2.45) is 14.1 Å². The highest BCUT2D eigenvalue weighted by Crippen LogP contribution is 2.30. The third kappa shape index (κ3) is 3.23. The molecule has 1 N–H and O–H groups in total. The number of rotatable bonds is 4. The first-order valence-electron chi connectivity index (χ1n) is 8.04.